The zero-order chi connectivity index (χ0) is 12.8. The van der Waals surface area contributed by atoms with E-state index in [1.165, 1.54) is 30.1 Å². The zero-order valence-corrected chi connectivity index (χ0v) is 10.0. The van der Waals surface area contributed by atoms with Gasteiger partial charge in [-0.15, -0.1) is 11.8 Å². The smallest absolute Gasteiger partial charge is 0.313 e. The molecular weight excluding hydrogens is 245 g/mol. The van der Waals surface area contributed by atoms with Crippen molar-refractivity contribution in [1.29, 1.82) is 0 Å². The molecule has 0 bridgehead atoms. The second-order valence-corrected chi connectivity index (χ2v) is 4.30. The Balaban J connectivity index is 2.54. The summed E-state index contributed by atoms with van der Waals surface area (Å²) in [5.41, 5.74) is 0.450. The van der Waals surface area contributed by atoms with Crippen molar-refractivity contribution in [2.75, 3.05) is 23.5 Å². The summed E-state index contributed by atoms with van der Waals surface area (Å²) < 4.78 is 12.9. The minimum atomic E-state index is -0.962. The van der Waals surface area contributed by atoms with Gasteiger partial charge in [-0.1, -0.05) is 6.07 Å². The van der Waals surface area contributed by atoms with E-state index in [-0.39, 0.29) is 17.4 Å². The van der Waals surface area contributed by atoms with Gasteiger partial charge in [-0.2, -0.15) is 0 Å². The first-order valence-electron chi connectivity index (χ1n) is 4.82. The summed E-state index contributed by atoms with van der Waals surface area (Å²) in [5.74, 6) is -1.71. The Kier molecular flexibility index (Phi) is 4.96. The summed E-state index contributed by atoms with van der Waals surface area (Å²) in [5, 5.41) is 8.42. The Morgan fingerprint density at radius 2 is 2.12 bits per heavy atom. The molecular formula is C11H12FNO3S. The van der Waals surface area contributed by atoms with E-state index in [0.717, 1.165) is 11.8 Å². The second-order valence-electron chi connectivity index (χ2n) is 3.32. The summed E-state index contributed by atoms with van der Waals surface area (Å²) in [4.78, 5) is 23.2. The maximum Gasteiger partial charge on any atom is 0.313 e. The number of halogens is 1. The number of rotatable bonds is 5. The summed E-state index contributed by atoms with van der Waals surface area (Å²) in [6.07, 6.45) is 0. The Bertz CT molecular complexity index is 425. The van der Waals surface area contributed by atoms with Crippen LogP contribution in [0.4, 0.5) is 10.1 Å². The fraction of sp³-hybridized carbons (Fsp3) is 0.273. The fourth-order valence-electron chi connectivity index (χ4n) is 1.15. The van der Waals surface area contributed by atoms with E-state index >= 15 is 0 Å². The summed E-state index contributed by atoms with van der Waals surface area (Å²) in [6, 6.07) is 5.67. The van der Waals surface area contributed by atoms with Crippen molar-refractivity contribution in [2.45, 2.75) is 0 Å². The first-order valence-corrected chi connectivity index (χ1v) is 5.98. The van der Waals surface area contributed by atoms with Gasteiger partial charge in [0.15, 0.2) is 0 Å². The van der Waals surface area contributed by atoms with Crippen LogP contribution < -0.4 is 4.90 Å². The number of hydrogen-bond donors (Lipinski definition) is 1. The lowest BCUT2D eigenvalue weighted by molar-refractivity contribution is -0.133. The van der Waals surface area contributed by atoms with Gasteiger partial charge in [0.05, 0.1) is 11.5 Å². The second kappa shape index (κ2) is 6.24. The van der Waals surface area contributed by atoms with E-state index < -0.39 is 11.8 Å². The number of benzene rings is 1. The molecule has 92 valence electrons. The van der Waals surface area contributed by atoms with Crippen LogP contribution in [0.15, 0.2) is 24.3 Å². The average molecular weight is 257 g/mol. The molecule has 1 N–H and O–H groups in total. The van der Waals surface area contributed by atoms with E-state index in [0.29, 0.717) is 5.69 Å². The molecule has 0 atom stereocenters. The Labute approximate surface area is 102 Å². The lowest BCUT2D eigenvalue weighted by Crippen LogP contribution is -2.28. The van der Waals surface area contributed by atoms with Crippen LogP contribution >= 0.6 is 11.8 Å². The van der Waals surface area contributed by atoms with Gasteiger partial charge in [0, 0.05) is 12.7 Å². The maximum atomic E-state index is 12.9. The van der Waals surface area contributed by atoms with Gasteiger partial charge in [0.25, 0.3) is 0 Å². The number of carboxylic acid groups (broad SMARTS) is 1. The SMILES string of the molecule is CN(C(=O)CSCC(=O)O)c1cccc(F)c1. The Hall–Kier alpha value is -1.56. The topological polar surface area (TPSA) is 57.6 Å². The normalized spacial score (nSPS) is 10.0. The molecule has 0 fully saturated rings. The third kappa shape index (κ3) is 4.44. The van der Waals surface area contributed by atoms with Crippen molar-refractivity contribution < 1.29 is 19.1 Å². The molecule has 0 radical (unpaired) electrons. The van der Waals surface area contributed by atoms with Gasteiger partial charge >= 0.3 is 5.97 Å². The van der Waals surface area contributed by atoms with Crippen molar-refractivity contribution in [3.8, 4) is 0 Å². The van der Waals surface area contributed by atoms with Crippen LogP contribution in [0, 0.1) is 5.82 Å². The van der Waals surface area contributed by atoms with Crippen LogP contribution in [-0.4, -0.2) is 35.5 Å². The largest absolute Gasteiger partial charge is 0.481 e. The molecule has 0 aromatic heterocycles. The molecule has 17 heavy (non-hydrogen) atoms. The van der Waals surface area contributed by atoms with Gasteiger partial charge in [-0.3, -0.25) is 9.59 Å². The summed E-state index contributed by atoms with van der Waals surface area (Å²) in [6.45, 7) is 0. The van der Waals surface area contributed by atoms with E-state index in [9.17, 15) is 14.0 Å². The van der Waals surface area contributed by atoms with E-state index in [1.807, 2.05) is 0 Å². The summed E-state index contributed by atoms with van der Waals surface area (Å²) in [7, 11) is 1.53. The molecule has 0 aliphatic carbocycles. The number of amides is 1. The molecule has 0 aliphatic rings. The molecule has 4 nitrogen and oxygen atoms in total. The highest BCUT2D eigenvalue weighted by atomic mass is 32.2. The van der Waals surface area contributed by atoms with Crippen LogP contribution in [-0.2, 0) is 9.59 Å². The number of carbonyl (C=O) groups excluding carboxylic acids is 1. The van der Waals surface area contributed by atoms with Crippen LogP contribution in [0.2, 0.25) is 0 Å². The molecule has 0 aliphatic heterocycles. The molecule has 0 spiro atoms. The molecule has 1 aromatic carbocycles. The predicted molar refractivity (Wildman–Crippen MR) is 64.8 cm³/mol. The van der Waals surface area contributed by atoms with Crippen molar-refractivity contribution in [3.05, 3.63) is 30.1 Å². The van der Waals surface area contributed by atoms with Gasteiger partial charge in [-0.25, -0.2) is 4.39 Å². The maximum absolute atomic E-state index is 12.9. The highest BCUT2D eigenvalue weighted by molar-refractivity contribution is 8.00. The molecule has 0 saturated heterocycles. The number of thioether (sulfide) groups is 1. The lowest BCUT2D eigenvalue weighted by atomic mass is 10.3. The van der Waals surface area contributed by atoms with Gasteiger partial charge < -0.3 is 10.0 Å². The van der Waals surface area contributed by atoms with Crippen LogP contribution in [0.25, 0.3) is 0 Å². The fourth-order valence-corrected chi connectivity index (χ4v) is 1.80. The van der Waals surface area contributed by atoms with Gasteiger partial charge in [0.1, 0.15) is 5.82 Å². The van der Waals surface area contributed by atoms with E-state index in [1.54, 1.807) is 6.07 Å². The molecule has 6 heteroatoms. The highest BCUT2D eigenvalue weighted by Crippen LogP contribution is 2.15. The predicted octanol–water partition coefficient (Wildman–Crippen LogP) is 1.61. The van der Waals surface area contributed by atoms with Crippen LogP contribution in [0.3, 0.4) is 0 Å². The summed E-state index contributed by atoms with van der Waals surface area (Å²) >= 11 is 1.01. The Morgan fingerprint density at radius 3 is 2.71 bits per heavy atom. The Morgan fingerprint density at radius 1 is 1.41 bits per heavy atom. The molecule has 0 unspecified atom stereocenters. The molecule has 0 saturated carbocycles. The number of anilines is 1. The number of carbonyl (C=O) groups is 2. The highest BCUT2D eigenvalue weighted by Gasteiger charge is 2.12. The lowest BCUT2D eigenvalue weighted by Gasteiger charge is -2.16. The van der Waals surface area contributed by atoms with Gasteiger partial charge in [0.2, 0.25) is 5.91 Å². The van der Waals surface area contributed by atoms with E-state index in [4.69, 9.17) is 5.11 Å². The standard InChI is InChI=1S/C11H12FNO3S/c1-13(9-4-2-3-8(12)5-9)10(14)6-17-7-11(15)16/h2-5H,6-7H2,1H3,(H,15,16). The minimum Gasteiger partial charge on any atom is -0.481 e. The molecule has 1 rings (SSSR count). The molecule has 0 heterocycles. The van der Waals surface area contributed by atoms with Crippen molar-refractivity contribution in [1.82, 2.24) is 0 Å². The first-order chi connectivity index (χ1) is 8.00. The zero-order valence-electron chi connectivity index (χ0n) is 9.22. The number of aliphatic carboxylic acids is 1. The molecule has 1 aromatic rings. The number of carboxylic acids is 1. The number of hydrogen-bond acceptors (Lipinski definition) is 3. The minimum absolute atomic E-state index is 0.0549. The third-order valence-corrected chi connectivity index (χ3v) is 2.92. The molecule has 1 amide bonds. The average Bonchev–Trinajstić information content (AvgIpc) is 2.27. The van der Waals surface area contributed by atoms with Crippen molar-refractivity contribution in [3.63, 3.8) is 0 Å². The first kappa shape index (κ1) is 13.5. The monoisotopic (exact) mass is 257 g/mol. The van der Waals surface area contributed by atoms with E-state index in [2.05, 4.69) is 0 Å². The van der Waals surface area contributed by atoms with Crippen molar-refractivity contribution >= 4 is 29.3 Å². The third-order valence-electron chi connectivity index (χ3n) is 2.02. The number of nitrogens with zero attached hydrogens (tertiary/aromatic N) is 1. The van der Waals surface area contributed by atoms with Crippen LogP contribution in [0.5, 0.6) is 0 Å². The van der Waals surface area contributed by atoms with Crippen LogP contribution in [0.1, 0.15) is 0 Å². The van der Waals surface area contributed by atoms with Gasteiger partial charge in [-0.05, 0) is 18.2 Å². The quantitative estimate of drug-likeness (QED) is 0.870. The van der Waals surface area contributed by atoms with Crippen molar-refractivity contribution in [2.24, 2.45) is 0 Å².